The smallest absolute Gasteiger partial charge is 0.237 e. The number of carbonyl (C=O) groups is 1. The second-order valence-electron chi connectivity index (χ2n) is 6.36. The van der Waals surface area contributed by atoms with Crippen molar-refractivity contribution in [2.24, 2.45) is 0 Å². The Morgan fingerprint density at radius 2 is 2.18 bits per heavy atom. The van der Waals surface area contributed by atoms with Gasteiger partial charge in [0, 0.05) is 18.7 Å². The molecule has 1 fully saturated rings. The molecule has 5 nitrogen and oxygen atoms in total. The van der Waals surface area contributed by atoms with Gasteiger partial charge in [0.2, 0.25) is 5.91 Å². The number of rotatable bonds is 5. The molecule has 1 aromatic heterocycles. The molecule has 0 aromatic carbocycles. The summed E-state index contributed by atoms with van der Waals surface area (Å²) in [7, 11) is 0. The molecule has 0 saturated carbocycles. The van der Waals surface area contributed by atoms with Crippen LogP contribution in [0.2, 0.25) is 0 Å². The summed E-state index contributed by atoms with van der Waals surface area (Å²) >= 11 is 5.74. The Morgan fingerprint density at radius 1 is 1.45 bits per heavy atom. The number of ether oxygens (including phenoxy) is 2. The van der Waals surface area contributed by atoms with Crippen molar-refractivity contribution in [2.75, 3.05) is 25.6 Å². The number of hydrogen-bond acceptors (Lipinski definition) is 4. The molecule has 1 amide bonds. The van der Waals surface area contributed by atoms with E-state index < -0.39 is 0 Å². The van der Waals surface area contributed by atoms with Crippen molar-refractivity contribution in [1.82, 2.24) is 4.90 Å². The second-order valence-corrected chi connectivity index (χ2v) is 6.63. The fourth-order valence-electron chi connectivity index (χ4n) is 2.68. The quantitative estimate of drug-likeness (QED) is 0.779. The van der Waals surface area contributed by atoms with E-state index in [0.717, 1.165) is 17.1 Å². The van der Waals surface area contributed by atoms with Gasteiger partial charge in [-0.15, -0.1) is 11.6 Å². The van der Waals surface area contributed by atoms with Gasteiger partial charge in [0.1, 0.15) is 17.4 Å². The largest absolute Gasteiger partial charge is 0.466 e. The number of carbonyl (C=O) groups excluding carboxylic acids is 1. The van der Waals surface area contributed by atoms with Crippen LogP contribution in [-0.4, -0.2) is 48.2 Å². The van der Waals surface area contributed by atoms with Gasteiger partial charge in [0.25, 0.3) is 0 Å². The van der Waals surface area contributed by atoms with Crippen LogP contribution in [0.4, 0.5) is 0 Å². The first kappa shape index (κ1) is 17.3. The molecule has 2 heterocycles. The summed E-state index contributed by atoms with van der Waals surface area (Å²) in [6.45, 7) is 9.73. The van der Waals surface area contributed by atoms with Crippen molar-refractivity contribution >= 4 is 17.5 Å². The molecule has 0 spiro atoms. The molecule has 1 aromatic rings. The average Bonchev–Trinajstić information content (AvgIpc) is 2.74. The van der Waals surface area contributed by atoms with Crippen LogP contribution in [0.3, 0.4) is 0 Å². The Morgan fingerprint density at radius 3 is 2.73 bits per heavy atom. The van der Waals surface area contributed by atoms with Gasteiger partial charge in [-0.25, -0.2) is 0 Å². The van der Waals surface area contributed by atoms with Crippen LogP contribution >= 0.6 is 11.6 Å². The highest BCUT2D eigenvalue weighted by atomic mass is 35.5. The lowest BCUT2D eigenvalue weighted by atomic mass is 10.1. The summed E-state index contributed by atoms with van der Waals surface area (Å²) in [5.41, 5.74) is 0.660. The molecule has 0 bridgehead atoms. The van der Waals surface area contributed by atoms with Crippen molar-refractivity contribution in [3.63, 3.8) is 0 Å². The normalized spacial score (nSPS) is 20.9. The number of halogens is 1. The van der Waals surface area contributed by atoms with Crippen molar-refractivity contribution < 1.29 is 18.7 Å². The number of nitrogens with zero attached hydrogens (tertiary/aromatic N) is 1. The van der Waals surface area contributed by atoms with Gasteiger partial charge in [-0.2, -0.15) is 0 Å². The van der Waals surface area contributed by atoms with E-state index in [0.29, 0.717) is 26.3 Å². The van der Waals surface area contributed by atoms with E-state index in [4.69, 9.17) is 25.5 Å². The summed E-state index contributed by atoms with van der Waals surface area (Å²) in [5.74, 6) is 1.49. The lowest BCUT2D eigenvalue weighted by Gasteiger charge is -2.38. The molecule has 1 atom stereocenters. The number of aryl methyl sites for hydroxylation is 2. The van der Waals surface area contributed by atoms with Crippen LogP contribution in [0.1, 0.15) is 30.9 Å². The number of amides is 1. The Kier molecular flexibility index (Phi) is 5.53. The third-order valence-electron chi connectivity index (χ3n) is 3.64. The van der Waals surface area contributed by atoms with Crippen molar-refractivity contribution in [1.29, 1.82) is 0 Å². The van der Waals surface area contributed by atoms with Crippen LogP contribution in [0.25, 0.3) is 0 Å². The van der Waals surface area contributed by atoms with Crippen LogP contribution < -0.4 is 0 Å². The van der Waals surface area contributed by atoms with E-state index in [1.54, 1.807) is 4.90 Å². The Bertz CT molecular complexity index is 526. The molecule has 1 aliphatic rings. The lowest BCUT2D eigenvalue weighted by Crippen LogP contribution is -2.49. The summed E-state index contributed by atoms with van der Waals surface area (Å²) in [6, 6.07) is 1.95. The molecule has 0 radical (unpaired) electrons. The molecule has 1 unspecified atom stereocenters. The zero-order chi connectivity index (χ0) is 16.3. The molecule has 6 heteroatoms. The number of hydrogen-bond donors (Lipinski definition) is 0. The molecule has 124 valence electrons. The summed E-state index contributed by atoms with van der Waals surface area (Å²) in [6.07, 6.45) is -0.149. The van der Waals surface area contributed by atoms with Gasteiger partial charge >= 0.3 is 0 Å². The molecule has 1 aliphatic heterocycles. The van der Waals surface area contributed by atoms with Crippen LogP contribution in [0.15, 0.2) is 10.5 Å². The van der Waals surface area contributed by atoms with Crippen LogP contribution in [0, 0.1) is 13.8 Å². The molecule has 1 saturated heterocycles. The Labute approximate surface area is 136 Å². The highest BCUT2D eigenvalue weighted by Crippen LogP contribution is 2.21. The Balaban J connectivity index is 2.06. The predicted octanol–water partition coefficient (Wildman–Crippen LogP) is 2.66. The topological polar surface area (TPSA) is 51.9 Å². The predicted molar refractivity (Wildman–Crippen MR) is 84.1 cm³/mol. The van der Waals surface area contributed by atoms with Crippen molar-refractivity contribution in [3.05, 3.63) is 23.2 Å². The van der Waals surface area contributed by atoms with Gasteiger partial charge in [-0.05, 0) is 33.8 Å². The molecule has 0 N–H and O–H groups in total. The van der Waals surface area contributed by atoms with Gasteiger partial charge in [-0.3, -0.25) is 4.79 Å². The summed E-state index contributed by atoms with van der Waals surface area (Å²) < 4.78 is 17.1. The number of furan rings is 1. The zero-order valence-corrected chi connectivity index (χ0v) is 14.4. The van der Waals surface area contributed by atoms with Gasteiger partial charge in [0.05, 0.1) is 24.9 Å². The van der Waals surface area contributed by atoms with Gasteiger partial charge in [-0.1, -0.05) is 0 Å². The van der Waals surface area contributed by atoms with E-state index in [2.05, 4.69) is 0 Å². The fraction of sp³-hybridized carbons (Fsp3) is 0.688. The van der Waals surface area contributed by atoms with Crippen molar-refractivity contribution in [3.8, 4) is 0 Å². The van der Waals surface area contributed by atoms with Gasteiger partial charge < -0.3 is 18.8 Å². The lowest BCUT2D eigenvalue weighted by molar-refractivity contribution is -0.188. The third-order valence-corrected chi connectivity index (χ3v) is 3.86. The van der Waals surface area contributed by atoms with Crippen LogP contribution in [-0.2, 0) is 20.8 Å². The highest BCUT2D eigenvalue weighted by Gasteiger charge is 2.31. The molecule has 22 heavy (non-hydrogen) atoms. The van der Waals surface area contributed by atoms with E-state index in [-0.39, 0.29) is 23.5 Å². The van der Waals surface area contributed by atoms with E-state index >= 15 is 0 Å². The van der Waals surface area contributed by atoms with Crippen molar-refractivity contribution in [2.45, 2.75) is 45.9 Å². The standard InChI is InChI=1S/C16H24ClNO4/c1-11-5-13(12(2)21-11)7-18(15(19)6-17)8-14-9-20-10-16(3,4)22-14/h5,14H,6-10H2,1-4H3. The third kappa shape index (κ3) is 4.48. The summed E-state index contributed by atoms with van der Waals surface area (Å²) in [4.78, 5) is 13.8. The first-order valence-electron chi connectivity index (χ1n) is 7.46. The average molecular weight is 330 g/mol. The monoisotopic (exact) mass is 329 g/mol. The maximum Gasteiger partial charge on any atom is 0.237 e. The first-order valence-corrected chi connectivity index (χ1v) is 7.99. The van der Waals surface area contributed by atoms with E-state index in [1.807, 2.05) is 33.8 Å². The highest BCUT2D eigenvalue weighted by molar-refractivity contribution is 6.27. The number of alkyl halides is 1. The fourth-order valence-corrected chi connectivity index (χ4v) is 2.85. The SMILES string of the molecule is Cc1cc(CN(CC2COCC(C)(C)O2)C(=O)CCl)c(C)o1. The molecular formula is C16H24ClNO4. The maximum atomic E-state index is 12.1. The minimum atomic E-state index is -0.333. The van der Waals surface area contributed by atoms with Crippen LogP contribution in [0.5, 0.6) is 0 Å². The molecule has 2 rings (SSSR count). The van der Waals surface area contributed by atoms with E-state index in [9.17, 15) is 4.79 Å². The molecular weight excluding hydrogens is 306 g/mol. The first-order chi connectivity index (χ1) is 10.3. The molecule has 0 aliphatic carbocycles. The Hall–Kier alpha value is -1.04. The minimum Gasteiger partial charge on any atom is -0.466 e. The minimum absolute atomic E-state index is 0.0488. The zero-order valence-electron chi connectivity index (χ0n) is 13.6. The van der Waals surface area contributed by atoms with Gasteiger partial charge in [0.15, 0.2) is 0 Å². The maximum absolute atomic E-state index is 12.1. The summed E-state index contributed by atoms with van der Waals surface area (Å²) in [5, 5.41) is 0. The second kappa shape index (κ2) is 7.02. The van der Waals surface area contributed by atoms with E-state index in [1.165, 1.54) is 0 Å².